The molecule has 1 aliphatic heterocycles. The summed E-state index contributed by atoms with van der Waals surface area (Å²) in [5, 5.41) is 3.64. The minimum atomic E-state index is 0.531. The van der Waals surface area contributed by atoms with E-state index < -0.39 is 0 Å². The van der Waals surface area contributed by atoms with E-state index in [0.717, 1.165) is 12.2 Å². The van der Waals surface area contributed by atoms with Crippen molar-refractivity contribution in [1.29, 1.82) is 0 Å². The molecule has 0 aromatic heterocycles. The van der Waals surface area contributed by atoms with Crippen LogP contribution in [0, 0.1) is 0 Å². The third-order valence-corrected chi connectivity index (χ3v) is 3.78. The molecule has 1 N–H and O–H groups in total. The summed E-state index contributed by atoms with van der Waals surface area (Å²) in [6, 6.07) is 17.5. The second-order valence-corrected chi connectivity index (χ2v) is 5.09. The first-order chi connectivity index (χ1) is 9.35. The molecular weight excluding hydrogens is 234 g/mol. The molecule has 2 nitrogen and oxygen atoms in total. The third kappa shape index (κ3) is 2.73. The highest BCUT2D eigenvalue weighted by molar-refractivity contribution is 5.54. The fourth-order valence-corrected chi connectivity index (χ4v) is 2.70. The minimum absolute atomic E-state index is 0.531. The standard InChI is InChI=1S/C17H19NO/c1-19-16-10-6-13(7-11-16)12-15-9-8-14-4-2-3-5-17(14)18-15/h2-7,10-11,15,18H,8-9,12H2,1H3. The number of hydrogen-bond donors (Lipinski definition) is 1. The van der Waals surface area contributed by atoms with Crippen LogP contribution in [0.5, 0.6) is 5.75 Å². The number of nitrogens with one attached hydrogen (secondary N) is 1. The van der Waals surface area contributed by atoms with Crippen LogP contribution in [0.1, 0.15) is 17.5 Å². The molecule has 1 unspecified atom stereocenters. The zero-order chi connectivity index (χ0) is 13.1. The quantitative estimate of drug-likeness (QED) is 0.901. The molecule has 3 rings (SSSR count). The molecule has 2 heteroatoms. The number of aryl methyl sites for hydroxylation is 1. The molecular formula is C17H19NO. The van der Waals surface area contributed by atoms with Crippen molar-refractivity contribution in [2.45, 2.75) is 25.3 Å². The Morgan fingerprint density at radius 1 is 1.11 bits per heavy atom. The minimum Gasteiger partial charge on any atom is -0.497 e. The summed E-state index contributed by atoms with van der Waals surface area (Å²) in [4.78, 5) is 0. The van der Waals surface area contributed by atoms with Crippen LogP contribution in [0.3, 0.4) is 0 Å². The molecule has 0 fully saturated rings. The lowest BCUT2D eigenvalue weighted by Gasteiger charge is -2.27. The van der Waals surface area contributed by atoms with E-state index in [0.29, 0.717) is 6.04 Å². The Hall–Kier alpha value is -1.96. The van der Waals surface area contributed by atoms with Crippen LogP contribution >= 0.6 is 0 Å². The van der Waals surface area contributed by atoms with Gasteiger partial charge in [-0.25, -0.2) is 0 Å². The lowest BCUT2D eigenvalue weighted by Crippen LogP contribution is -2.27. The summed E-state index contributed by atoms with van der Waals surface area (Å²) in [7, 11) is 1.70. The molecule has 0 aliphatic carbocycles. The lowest BCUT2D eigenvalue weighted by atomic mass is 9.94. The van der Waals surface area contributed by atoms with Crippen LogP contribution in [0.2, 0.25) is 0 Å². The fourth-order valence-electron chi connectivity index (χ4n) is 2.70. The molecule has 1 heterocycles. The van der Waals surface area contributed by atoms with Gasteiger partial charge in [-0.2, -0.15) is 0 Å². The second-order valence-electron chi connectivity index (χ2n) is 5.09. The van der Waals surface area contributed by atoms with Crippen LogP contribution in [-0.4, -0.2) is 13.2 Å². The van der Waals surface area contributed by atoms with E-state index >= 15 is 0 Å². The number of anilines is 1. The molecule has 0 bridgehead atoms. The van der Waals surface area contributed by atoms with Crippen molar-refractivity contribution in [2.24, 2.45) is 0 Å². The highest BCUT2D eigenvalue weighted by atomic mass is 16.5. The molecule has 19 heavy (non-hydrogen) atoms. The Morgan fingerprint density at radius 2 is 1.89 bits per heavy atom. The normalized spacial score (nSPS) is 17.4. The van der Waals surface area contributed by atoms with Crippen LogP contribution < -0.4 is 10.1 Å². The summed E-state index contributed by atoms with van der Waals surface area (Å²) in [6.45, 7) is 0. The highest BCUT2D eigenvalue weighted by Gasteiger charge is 2.17. The smallest absolute Gasteiger partial charge is 0.118 e. The van der Waals surface area contributed by atoms with E-state index in [4.69, 9.17) is 4.74 Å². The van der Waals surface area contributed by atoms with Crippen molar-refractivity contribution in [1.82, 2.24) is 0 Å². The first-order valence-corrected chi connectivity index (χ1v) is 6.82. The maximum absolute atomic E-state index is 5.19. The van der Waals surface area contributed by atoms with Crippen molar-refractivity contribution in [3.8, 4) is 5.75 Å². The van der Waals surface area contributed by atoms with Gasteiger partial charge in [-0.15, -0.1) is 0 Å². The van der Waals surface area contributed by atoms with Crippen LogP contribution in [0.15, 0.2) is 48.5 Å². The van der Waals surface area contributed by atoms with Gasteiger partial charge in [0, 0.05) is 11.7 Å². The number of benzene rings is 2. The van der Waals surface area contributed by atoms with Gasteiger partial charge < -0.3 is 10.1 Å². The Kier molecular flexibility index (Phi) is 3.41. The number of methoxy groups -OCH3 is 1. The van der Waals surface area contributed by atoms with Gasteiger partial charge in [-0.3, -0.25) is 0 Å². The van der Waals surface area contributed by atoms with E-state index in [-0.39, 0.29) is 0 Å². The molecule has 0 saturated heterocycles. The fraction of sp³-hybridized carbons (Fsp3) is 0.294. The van der Waals surface area contributed by atoms with Crippen molar-refractivity contribution in [3.63, 3.8) is 0 Å². The number of para-hydroxylation sites is 1. The number of rotatable bonds is 3. The zero-order valence-corrected chi connectivity index (χ0v) is 11.2. The van der Waals surface area contributed by atoms with E-state index in [1.807, 2.05) is 12.1 Å². The first kappa shape index (κ1) is 12.1. The number of hydrogen-bond acceptors (Lipinski definition) is 2. The van der Waals surface area contributed by atoms with Crippen LogP contribution in [0.25, 0.3) is 0 Å². The lowest BCUT2D eigenvalue weighted by molar-refractivity contribution is 0.414. The van der Waals surface area contributed by atoms with E-state index in [1.165, 1.54) is 29.7 Å². The number of ether oxygens (including phenoxy) is 1. The molecule has 0 saturated carbocycles. The average Bonchev–Trinajstić information content (AvgIpc) is 2.48. The highest BCUT2D eigenvalue weighted by Crippen LogP contribution is 2.26. The molecule has 1 atom stereocenters. The first-order valence-electron chi connectivity index (χ1n) is 6.82. The second kappa shape index (κ2) is 5.35. The molecule has 98 valence electrons. The van der Waals surface area contributed by atoms with Gasteiger partial charge in [0.2, 0.25) is 0 Å². The van der Waals surface area contributed by atoms with Gasteiger partial charge in [0.15, 0.2) is 0 Å². The molecule has 1 aliphatic rings. The van der Waals surface area contributed by atoms with E-state index in [1.54, 1.807) is 7.11 Å². The Labute approximate surface area is 114 Å². The van der Waals surface area contributed by atoms with Crippen LogP contribution in [0.4, 0.5) is 5.69 Å². The summed E-state index contributed by atoms with van der Waals surface area (Å²) in [5.74, 6) is 0.922. The largest absolute Gasteiger partial charge is 0.497 e. The van der Waals surface area contributed by atoms with E-state index in [2.05, 4.69) is 41.7 Å². The molecule has 0 spiro atoms. The van der Waals surface area contributed by atoms with Crippen molar-refractivity contribution >= 4 is 5.69 Å². The average molecular weight is 253 g/mol. The van der Waals surface area contributed by atoms with Crippen LogP contribution in [-0.2, 0) is 12.8 Å². The molecule has 0 amide bonds. The predicted octanol–water partition coefficient (Wildman–Crippen LogP) is 3.66. The molecule has 2 aromatic carbocycles. The Balaban J connectivity index is 1.68. The predicted molar refractivity (Wildman–Crippen MR) is 78.9 cm³/mol. The number of fused-ring (bicyclic) bond motifs is 1. The van der Waals surface area contributed by atoms with Crippen molar-refractivity contribution in [3.05, 3.63) is 59.7 Å². The topological polar surface area (TPSA) is 21.3 Å². The maximum Gasteiger partial charge on any atom is 0.118 e. The van der Waals surface area contributed by atoms with E-state index in [9.17, 15) is 0 Å². The maximum atomic E-state index is 5.19. The van der Waals surface area contributed by atoms with Gasteiger partial charge in [0.05, 0.1) is 7.11 Å². The van der Waals surface area contributed by atoms with Gasteiger partial charge in [-0.05, 0) is 48.6 Å². The molecule has 2 aromatic rings. The van der Waals surface area contributed by atoms with Gasteiger partial charge in [0.1, 0.15) is 5.75 Å². The van der Waals surface area contributed by atoms with Gasteiger partial charge in [-0.1, -0.05) is 30.3 Å². The zero-order valence-electron chi connectivity index (χ0n) is 11.2. The summed E-state index contributed by atoms with van der Waals surface area (Å²) in [6.07, 6.45) is 3.44. The molecule has 0 radical (unpaired) electrons. The van der Waals surface area contributed by atoms with Gasteiger partial charge >= 0.3 is 0 Å². The summed E-state index contributed by atoms with van der Waals surface area (Å²) < 4.78 is 5.19. The van der Waals surface area contributed by atoms with Crippen molar-refractivity contribution < 1.29 is 4.74 Å². The SMILES string of the molecule is COc1ccc(CC2CCc3ccccc3N2)cc1. The summed E-state index contributed by atoms with van der Waals surface area (Å²) >= 11 is 0. The Morgan fingerprint density at radius 3 is 2.68 bits per heavy atom. The monoisotopic (exact) mass is 253 g/mol. The van der Waals surface area contributed by atoms with Crippen molar-refractivity contribution in [2.75, 3.05) is 12.4 Å². The summed E-state index contributed by atoms with van der Waals surface area (Å²) in [5.41, 5.74) is 4.10. The third-order valence-electron chi connectivity index (χ3n) is 3.78. The Bertz CT molecular complexity index is 547. The van der Waals surface area contributed by atoms with Gasteiger partial charge in [0.25, 0.3) is 0 Å².